The van der Waals surface area contributed by atoms with Gasteiger partial charge in [-0.05, 0) is 23.3 Å². The van der Waals surface area contributed by atoms with Crippen molar-refractivity contribution < 1.29 is 15.0 Å². The predicted octanol–water partition coefficient (Wildman–Crippen LogP) is 3.17. The number of aromatic carboxylic acids is 1. The molecule has 0 heterocycles. The molecule has 98 valence electrons. The Balaban J connectivity index is 2.07. The van der Waals surface area contributed by atoms with Gasteiger partial charge in [0, 0.05) is 10.6 Å². The van der Waals surface area contributed by atoms with Crippen LogP contribution in [-0.2, 0) is 12.4 Å². The lowest BCUT2D eigenvalue weighted by atomic mass is 10.2. The van der Waals surface area contributed by atoms with Crippen molar-refractivity contribution in [2.24, 2.45) is 0 Å². The average molecular weight is 274 g/mol. The maximum Gasteiger partial charge on any atom is 0.336 e. The molecule has 0 bridgehead atoms. The Morgan fingerprint density at radius 2 is 1.63 bits per heavy atom. The summed E-state index contributed by atoms with van der Waals surface area (Å²) in [5, 5.41) is 18.1. The van der Waals surface area contributed by atoms with Crippen molar-refractivity contribution in [1.29, 1.82) is 0 Å². The molecule has 0 aliphatic heterocycles. The van der Waals surface area contributed by atoms with Crippen molar-refractivity contribution in [2.45, 2.75) is 17.3 Å². The van der Waals surface area contributed by atoms with E-state index in [1.165, 1.54) is 11.8 Å². The molecular weight excluding hydrogens is 260 g/mol. The topological polar surface area (TPSA) is 57.5 Å². The van der Waals surface area contributed by atoms with Crippen LogP contribution in [0.15, 0.2) is 53.4 Å². The van der Waals surface area contributed by atoms with Gasteiger partial charge in [0.25, 0.3) is 0 Å². The third kappa shape index (κ3) is 3.59. The molecule has 0 spiro atoms. The minimum atomic E-state index is -0.904. The lowest BCUT2D eigenvalue weighted by molar-refractivity contribution is 0.0693. The Morgan fingerprint density at radius 1 is 1.00 bits per heavy atom. The molecule has 0 saturated carbocycles. The lowest BCUT2D eigenvalue weighted by Gasteiger charge is -2.06. The van der Waals surface area contributed by atoms with Crippen molar-refractivity contribution in [2.75, 3.05) is 0 Å². The van der Waals surface area contributed by atoms with Gasteiger partial charge in [0.05, 0.1) is 12.2 Å². The summed E-state index contributed by atoms with van der Waals surface area (Å²) >= 11 is 1.50. The standard InChI is InChI=1S/C15H14O3S/c16-9-11-5-7-12(8-6-11)10-19-14-4-2-1-3-13(14)15(17)18/h1-8,16H,9-10H2,(H,17,18). The zero-order valence-electron chi connectivity index (χ0n) is 10.2. The summed E-state index contributed by atoms with van der Waals surface area (Å²) in [6, 6.07) is 14.6. The Morgan fingerprint density at radius 3 is 2.26 bits per heavy atom. The third-order valence-electron chi connectivity index (χ3n) is 2.72. The highest BCUT2D eigenvalue weighted by Crippen LogP contribution is 2.26. The summed E-state index contributed by atoms with van der Waals surface area (Å²) in [5.74, 6) is -0.200. The quantitative estimate of drug-likeness (QED) is 0.822. The maximum atomic E-state index is 11.1. The van der Waals surface area contributed by atoms with Crippen LogP contribution in [-0.4, -0.2) is 16.2 Å². The highest BCUT2D eigenvalue weighted by atomic mass is 32.2. The monoisotopic (exact) mass is 274 g/mol. The molecule has 0 amide bonds. The summed E-state index contributed by atoms with van der Waals surface area (Å²) in [4.78, 5) is 11.8. The van der Waals surface area contributed by atoms with E-state index in [1.54, 1.807) is 12.1 Å². The molecule has 0 aromatic heterocycles. The zero-order chi connectivity index (χ0) is 13.7. The fourth-order valence-electron chi connectivity index (χ4n) is 1.67. The third-order valence-corrected chi connectivity index (χ3v) is 3.86. The van der Waals surface area contributed by atoms with Crippen molar-refractivity contribution >= 4 is 17.7 Å². The largest absolute Gasteiger partial charge is 0.478 e. The molecule has 0 aliphatic carbocycles. The van der Waals surface area contributed by atoms with Gasteiger partial charge in [-0.2, -0.15) is 0 Å². The molecule has 2 aromatic carbocycles. The summed E-state index contributed by atoms with van der Waals surface area (Å²) in [7, 11) is 0. The second-order valence-corrected chi connectivity index (χ2v) is 5.08. The molecule has 0 atom stereocenters. The van der Waals surface area contributed by atoms with Gasteiger partial charge < -0.3 is 10.2 Å². The smallest absolute Gasteiger partial charge is 0.336 e. The molecule has 0 unspecified atom stereocenters. The van der Waals surface area contributed by atoms with Gasteiger partial charge in [-0.25, -0.2) is 4.79 Å². The molecule has 2 aromatic rings. The van der Waals surface area contributed by atoms with E-state index in [0.29, 0.717) is 11.3 Å². The SMILES string of the molecule is O=C(O)c1ccccc1SCc1ccc(CO)cc1. The molecule has 0 radical (unpaired) electrons. The molecule has 3 nitrogen and oxygen atoms in total. The summed E-state index contributed by atoms with van der Waals surface area (Å²) < 4.78 is 0. The average Bonchev–Trinajstić information content (AvgIpc) is 2.46. The van der Waals surface area contributed by atoms with Gasteiger partial charge in [0.2, 0.25) is 0 Å². The van der Waals surface area contributed by atoms with Crippen LogP contribution >= 0.6 is 11.8 Å². The number of aliphatic hydroxyl groups excluding tert-OH is 1. The lowest BCUT2D eigenvalue weighted by Crippen LogP contribution is -1.98. The van der Waals surface area contributed by atoms with Gasteiger partial charge >= 0.3 is 5.97 Å². The van der Waals surface area contributed by atoms with Crippen molar-refractivity contribution in [3.63, 3.8) is 0 Å². The number of carboxylic acid groups (broad SMARTS) is 1. The van der Waals surface area contributed by atoms with E-state index in [9.17, 15) is 4.79 Å². The first-order chi connectivity index (χ1) is 9.20. The number of hydrogen-bond acceptors (Lipinski definition) is 3. The van der Waals surface area contributed by atoms with Gasteiger partial charge in [-0.15, -0.1) is 11.8 Å². The number of benzene rings is 2. The molecule has 0 aliphatic rings. The fourth-order valence-corrected chi connectivity index (χ4v) is 2.67. The Kier molecular flexibility index (Phi) is 4.60. The van der Waals surface area contributed by atoms with Crippen LogP contribution in [0.1, 0.15) is 21.5 Å². The van der Waals surface area contributed by atoms with Crippen LogP contribution < -0.4 is 0 Å². The molecule has 0 saturated heterocycles. The number of thioether (sulfide) groups is 1. The van der Waals surface area contributed by atoms with Crippen LogP contribution in [0.25, 0.3) is 0 Å². The van der Waals surface area contributed by atoms with Crippen molar-refractivity contribution in [1.82, 2.24) is 0 Å². The summed E-state index contributed by atoms with van der Waals surface area (Å²) in [5.41, 5.74) is 2.31. The number of carbonyl (C=O) groups is 1. The van der Waals surface area contributed by atoms with E-state index < -0.39 is 5.97 Å². The Labute approximate surface area is 115 Å². The van der Waals surface area contributed by atoms with Crippen molar-refractivity contribution in [3.05, 3.63) is 65.2 Å². The molecule has 0 fully saturated rings. The van der Waals surface area contributed by atoms with Crippen LogP contribution in [0, 0.1) is 0 Å². The number of carboxylic acids is 1. The highest BCUT2D eigenvalue weighted by Gasteiger charge is 2.09. The van der Waals surface area contributed by atoms with Gasteiger partial charge in [-0.1, -0.05) is 36.4 Å². The fraction of sp³-hybridized carbons (Fsp3) is 0.133. The van der Waals surface area contributed by atoms with Crippen LogP contribution in [0.2, 0.25) is 0 Å². The van der Waals surface area contributed by atoms with Crippen LogP contribution in [0.5, 0.6) is 0 Å². The summed E-state index contributed by atoms with van der Waals surface area (Å²) in [6.07, 6.45) is 0. The highest BCUT2D eigenvalue weighted by molar-refractivity contribution is 7.98. The van der Waals surface area contributed by atoms with E-state index in [0.717, 1.165) is 16.0 Å². The number of hydrogen-bond donors (Lipinski definition) is 2. The number of aliphatic hydroxyl groups is 1. The first kappa shape index (κ1) is 13.6. The normalized spacial score (nSPS) is 10.4. The maximum absolute atomic E-state index is 11.1. The Hall–Kier alpha value is -1.78. The molecule has 2 N–H and O–H groups in total. The summed E-state index contributed by atoms with van der Waals surface area (Å²) in [6.45, 7) is 0.0370. The molecule has 2 rings (SSSR count). The van der Waals surface area contributed by atoms with E-state index >= 15 is 0 Å². The first-order valence-corrected chi connectivity index (χ1v) is 6.83. The number of rotatable bonds is 5. The van der Waals surface area contributed by atoms with Crippen molar-refractivity contribution in [3.8, 4) is 0 Å². The molecule has 19 heavy (non-hydrogen) atoms. The van der Waals surface area contributed by atoms with E-state index in [1.807, 2.05) is 36.4 Å². The van der Waals surface area contributed by atoms with Gasteiger partial charge in [0.15, 0.2) is 0 Å². The van der Waals surface area contributed by atoms with Gasteiger partial charge in [-0.3, -0.25) is 0 Å². The zero-order valence-corrected chi connectivity index (χ0v) is 11.1. The van der Waals surface area contributed by atoms with Gasteiger partial charge in [0.1, 0.15) is 0 Å². The minimum Gasteiger partial charge on any atom is -0.478 e. The van der Waals surface area contributed by atoms with E-state index in [-0.39, 0.29) is 6.61 Å². The molecular formula is C15H14O3S. The minimum absolute atomic E-state index is 0.0370. The predicted molar refractivity (Wildman–Crippen MR) is 75.3 cm³/mol. The Bertz CT molecular complexity index is 564. The molecule has 4 heteroatoms. The van der Waals surface area contributed by atoms with Crippen LogP contribution in [0.3, 0.4) is 0 Å². The first-order valence-electron chi connectivity index (χ1n) is 5.84. The van der Waals surface area contributed by atoms with E-state index in [2.05, 4.69) is 0 Å². The van der Waals surface area contributed by atoms with Crippen LogP contribution in [0.4, 0.5) is 0 Å². The second-order valence-electron chi connectivity index (χ2n) is 4.06. The second kappa shape index (κ2) is 6.41. The van der Waals surface area contributed by atoms with E-state index in [4.69, 9.17) is 10.2 Å².